The Kier molecular flexibility index (Phi) is 21.9. The van der Waals surface area contributed by atoms with Crippen LogP contribution in [0.5, 0.6) is 0 Å². The summed E-state index contributed by atoms with van der Waals surface area (Å²) in [5.74, 6) is -0.254. The first-order chi connectivity index (χ1) is 15.9. The van der Waals surface area contributed by atoms with Gasteiger partial charge in [-0.05, 0) is 0 Å². The number of carbonyl (C=O) groups is 1. The zero-order valence-corrected chi connectivity index (χ0v) is 25.7. The van der Waals surface area contributed by atoms with Crippen LogP contribution in [0.4, 0.5) is 0 Å². The molecule has 2 nitrogen and oxygen atoms in total. The van der Waals surface area contributed by atoms with Gasteiger partial charge >= 0.3 is 222 Å². The van der Waals surface area contributed by atoms with Crippen LogP contribution in [0, 0.1) is 0 Å². The van der Waals surface area contributed by atoms with Crippen molar-refractivity contribution in [2.45, 2.75) is 136 Å². The molecule has 0 N–H and O–H groups in total. The molecule has 0 unspecified atom stereocenters. The molecule has 0 spiro atoms. The summed E-state index contributed by atoms with van der Waals surface area (Å²) >= 11 is 2.99. The Balaban J connectivity index is 5.10. The third kappa shape index (κ3) is 18.3. The van der Waals surface area contributed by atoms with Gasteiger partial charge in [0.15, 0.2) is 0 Å². The fraction of sp³-hybridized carbons (Fsp3) is 0.897. The van der Waals surface area contributed by atoms with E-state index in [-0.39, 0.29) is 5.97 Å². The summed E-state index contributed by atoms with van der Waals surface area (Å²) < 4.78 is 3.64. The molecule has 0 bridgehead atoms. The second-order valence-corrected chi connectivity index (χ2v) is 24.0. The zero-order valence-electron chi connectivity index (χ0n) is 22.7. The SMILES string of the molecule is C=CC(=O)OCCP(I)(CCCCCCCC)(CCCCCCCC)CCCCCCCC. The van der Waals surface area contributed by atoms with Gasteiger partial charge in [-0.3, -0.25) is 0 Å². The molecule has 0 atom stereocenters. The van der Waals surface area contributed by atoms with Gasteiger partial charge in [-0.2, -0.15) is 0 Å². The molecule has 0 aliphatic carbocycles. The Bertz CT molecular complexity index is 437. The van der Waals surface area contributed by atoms with Crippen molar-refractivity contribution in [1.82, 2.24) is 0 Å². The van der Waals surface area contributed by atoms with E-state index in [9.17, 15) is 4.79 Å². The van der Waals surface area contributed by atoms with E-state index < -0.39 is 4.25 Å². The molecule has 0 amide bonds. The number of halogens is 1. The Labute approximate surface area is 221 Å². The molecule has 4 heteroatoms. The Hall–Kier alpha value is 0.370. The van der Waals surface area contributed by atoms with Gasteiger partial charge in [-0.25, -0.2) is 0 Å². The van der Waals surface area contributed by atoms with Crippen LogP contribution in [-0.2, 0) is 9.53 Å². The molecule has 0 fully saturated rings. The molecule has 0 saturated heterocycles. The summed E-state index contributed by atoms with van der Waals surface area (Å²) in [5, 5.41) is 0. The second kappa shape index (κ2) is 21.6. The number of rotatable bonds is 25. The van der Waals surface area contributed by atoms with Gasteiger partial charge in [-0.15, -0.1) is 0 Å². The molecule has 0 saturated carbocycles. The third-order valence-electron chi connectivity index (χ3n) is 7.27. The minimum atomic E-state index is -1.92. The van der Waals surface area contributed by atoms with E-state index in [1.807, 2.05) is 0 Å². The molecule has 0 rings (SSSR count). The summed E-state index contributed by atoms with van der Waals surface area (Å²) in [6.07, 6.45) is 31.2. The number of esters is 1. The second-order valence-electron chi connectivity index (χ2n) is 10.4. The number of unbranched alkanes of at least 4 members (excludes halogenated alkanes) is 15. The predicted molar refractivity (Wildman–Crippen MR) is 162 cm³/mol. The molecular weight excluding hydrogens is 538 g/mol. The van der Waals surface area contributed by atoms with E-state index in [2.05, 4.69) is 49.4 Å². The van der Waals surface area contributed by atoms with Gasteiger partial charge in [0, 0.05) is 0 Å². The van der Waals surface area contributed by atoms with E-state index in [4.69, 9.17) is 4.74 Å². The Morgan fingerprint density at radius 2 is 0.970 bits per heavy atom. The third-order valence-corrected chi connectivity index (χ3v) is 18.7. The average Bonchev–Trinajstić information content (AvgIpc) is 2.81. The number of carbonyl (C=O) groups excluding carboxylic acids is 1. The minimum absolute atomic E-state index is 0.254. The molecular formula is C29H58IO2P. The maximum atomic E-state index is 11.8. The van der Waals surface area contributed by atoms with Crippen LogP contribution in [0.15, 0.2) is 12.7 Å². The standard InChI is InChI=1S/C29H58IO2P/c1-5-9-12-15-18-21-25-33(30,28-24-32-29(31)8-4,26-22-19-16-13-10-6-2)27-23-20-17-14-11-7-3/h8H,4-7,9-28H2,1-3H3. The maximum absolute atomic E-state index is 11.8. The summed E-state index contributed by atoms with van der Waals surface area (Å²) in [6, 6.07) is 0. The van der Waals surface area contributed by atoms with Crippen LogP contribution >= 0.6 is 26.3 Å². The molecule has 0 heterocycles. The molecule has 0 aromatic heterocycles. The van der Waals surface area contributed by atoms with Gasteiger partial charge in [0.05, 0.1) is 0 Å². The number of hydrogen-bond acceptors (Lipinski definition) is 2. The molecule has 0 aromatic rings. The zero-order chi connectivity index (χ0) is 24.7. The van der Waals surface area contributed by atoms with Gasteiger partial charge in [0.1, 0.15) is 0 Å². The van der Waals surface area contributed by atoms with Gasteiger partial charge < -0.3 is 0 Å². The predicted octanol–water partition coefficient (Wildman–Crippen LogP) is 10.7. The first-order valence-electron chi connectivity index (χ1n) is 14.4. The number of hydrogen-bond donors (Lipinski definition) is 0. The van der Waals surface area contributed by atoms with Crippen LogP contribution in [0.2, 0.25) is 0 Å². The Morgan fingerprint density at radius 1 is 0.636 bits per heavy atom. The van der Waals surface area contributed by atoms with E-state index in [0.29, 0.717) is 6.61 Å². The fourth-order valence-corrected chi connectivity index (χ4v) is 13.6. The summed E-state index contributed by atoms with van der Waals surface area (Å²) in [7, 11) is 0. The van der Waals surface area contributed by atoms with Crippen molar-refractivity contribution in [1.29, 1.82) is 0 Å². The van der Waals surface area contributed by atoms with Crippen molar-refractivity contribution < 1.29 is 9.53 Å². The van der Waals surface area contributed by atoms with E-state index in [1.165, 1.54) is 140 Å². The van der Waals surface area contributed by atoms with Crippen molar-refractivity contribution in [3.63, 3.8) is 0 Å². The molecule has 198 valence electrons. The van der Waals surface area contributed by atoms with Crippen molar-refractivity contribution in [3.8, 4) is 0 Å². The monoisotopic (exact) mass is 596 g/mol. The van der Waals surface area contributed by atoms with Crippen molar-refractivity contribution in [2.24, 2.45) is 0 Å². The fourth-order valence-electron chi connectivity index (χ4n) is 4.97. The van der Waals surface area contributed by atoms with Crippen LogP contribution in [0.1, 0.15) is 136 Å². The van der Waals surface area contributed by atoms with Gasteiger partial charge in [0.2, 0.25) is 0 Å². The molecule has 0 aromatic carbocycles. The van der Waals surface area contributed by atoms with Gasteiger partial charge in [-0.1, -0.05) is 0 Å². The van der Waals surface area contributed by atoms with E-state index >= 15 is 0 Å². The van der Waals surface area contributed by atoms with E-state index in [1.54, 1.807) is 0 Å². The summed E-state index contributed by atoms with van der Waals surface area (Å²) in [6.45, 7) is 11.1. The van der Waals surface area contributed by atoms with E-state index in [0.717, 1.165) is 6.16 Å². The van der Waals surface area contributed by atoms with Crippen molar-refractivity contribution >= 4 is 32.3 Å². The van der Waals surface area contributed by atoms with Crippen LogP contribution in [0.3, 0.4) is 0 Å². The molecule has 33 heavy (non-hydrogen) atoms. The first kappa shape index (κ1) is 33.4. The van der Waals surface area contributed by atoms with Crippen LogP contribution in [0.25, 0.3) is 0 Å². The van der Waals surface area contributed by atoms with Crippen LogP contribution < -0.4 is 0 Å². The van der Waals surface area contributed by atoms with Crippen molar-refractivity contribution in [2.75, 3.05) is 31.3 Å². The van der Waals surface area contributed by atoms with Gasteiger partial charge in [0.25, 0.3) is 0 Å². The van der Waals surface area contributed by atoms with Crippen molar-refractivity contribution in [3.05, 3.63) is 12.7 Å². The quantitative estimate of drug-likeness (QED) is 0.0345. The summed E-state index contributed by atoms with van der Waals surface area (Å²) in [5.41, 5.74) is 0. The van der Waals surface area contributed by atoms with Crippen LogP contribution in [-0.4, -0.2) is 37.2 Å². The molecule has 0 aliphatic rings. The normalized spacial score (nSPS) is 12.9. The molecule has 0 aliphatic heterocycles. The first-order valence-corrected chi connectivity index (χ1v) is 20.2. The number of ether oxygens (including phenoxy) is 1. The Morgan fingerprint density at radius 3 is 1.30 bits per heavy atom. The molecule has 0 radical (unpaired) electrons. The summed E-state index contributed by atoms with van der Waals surface area (Å²) in [4.78, 5) is 11.8. The average molecular weight is 597 g/mol. The topological polar surface area (TPSA) is 26.3 Å².